The standard InChI is InChI=1S/C27H28Cl2N2O2S/c1-19-8-6-7-11-22(19)17-34-18-26(32)31(16-21-12-13-23(28)15-24(21)29)25(27(33)30-2)14-20-9-4-3-5-10-20/h3-13,15,25H,14,16-18H2,1-2H3,(H,30,33)/t25-/m1/s1. The molecule has 0 fully saturated rings. The van der Waals surface area contributed by atoms with E-state index in [4.69, 9.17) is 23.2 Å². The number of hydrogen-bond acceptors (Lipinski definition) is 3. The van der Waals surface area contributed by atoms with Crippen LogP contribution in [0.3, 0.4) is 0 Å². The molecule has 0 aliphatic heterocycles. The molecule has 1 N–H and O–H groups in total. The first-order chi connectivity index (χ1) is 16.4. The van der Waals surface area contributed by atoms with Gasteiger partial charge in [-0.1, -0.05) is 83.9 Å². The number of benzene rings is 3. The smallest absolute Gasteiger partial charge is 0.242 e. The van der Waals surface area contributed by atoms with Crippen molar-refractivity contribution in [3.05, 3.63) is 105 Å². The van der Waals surface area contributed by atoms with Crippen molar-refractivity contribution in [1.29, 1.82) is 0 Å². The lowest BCUT2D eigenvalue weighted by Crippen LogP contribution is -2.50. The molecule has 3 rings (SSSR count). The molecule has 2 amide bonds. The fraction of sp³-hybridized carbons (Fsp3) is 0.259. The minimum Gasteiger partial charge on any atom is -0.357 e. The summed E-state index contributed by atoms with van der Waals surface area (Å²) >= 11 is 14.0. The average molecular weight is 516 g/mol. The number of carbonyl (C=O) groups excluding carboxylic acids is 2. The second-order valence-corrected chi connectivity index (χ2v) is 9.83. The molecule has 1 atom stereocenters. The Morgan fingerprint density at radius 1 is 0.971 bits per heavy atom. The van der Waals surface area contributed by atoms with E-state index in [0.717, 1.165) is 16.9 Å². The number of likely N-dealkylation sites (N-methyl/N-ethyl adjacent to an activating group) is 1. The zero-order chi connectivity index (χ0) is 24.5. The molecule has 0 radical (unpaired) electrons. The van der Waals surface area contributed by atoms with E-state index in [0.29, 0.717) is 16.5 Å². The van der Waals surface area contributed by atoms with Gasteiger partial charge in [0.15, 0.2) is 0 Å². The number of halogens is 2. The Balaban J connectivity index is 1.85. The maximum atomic E-state index is 13.5. The fourth-order valence-electron chi connectivity index (χ4n) is 3.66. The van der Waals surface area contributed by atoms with Crippen molar-refractivity contribution in [1.82, 2.24) is 10.2 Å². The molecule has 3 aromatic carbocycles. The van der Waals surface area contributed by atoms with E-state index in [2.05, 4.69) is 24.4 Å². The van der Waals surface area contributed by atoms with Crippen LogP contribution in [0.1, 0.15) is 22.3 Å². The van der Waals surface area contributed by atoms with Crippen molar-refractivity contribution in [2.24, 2.45) is 0 Å². The van der Waals surface area contributed by atoms with Gasteiger partial charge in [0.25, 0.3) is 0 Å². The first kappa shape index (κ1) is 26.1. The average Bonchev–Trinajstić information content (AvgIpc) is 2.83. The Kier molecular flexibility index (Phi) is 9.87. The number of amides is 2. The molecule has 7 heteroatoms. The predicted molar refractivity (Wildman–Crippen MR) is 142 cm³/mol. The summed E-state index contributed by atoms with van der Waals surface area (Å²) in [5.41, 5.74) is 4.10. The number of carbonyl (C=O) groups is 2. The van der Waals surface area contributed by atoms with Gasteiger partial charge in [0, 0.05) is 35.8 Å². The third kappa shape index (κ3) is 7.26. The first-order valence-corrected chi connectivity index (χ1v) is 12.9. The summed E-state index contributed by atoms with van der Waals surface area (Å²) in [5.74, 6) is 0.638. The molecule has 0 saturated carbocycles. The highest BCUT2D eigenvalue weighted by molar-refractivity contribution is 7.99. The van der Waals surface area contributed by atoms with E-state index < -0.39 is 6.04 Å². The van der Waals surface area contributed by atoms with E-state index >= 15 is 0 Å². The van der Waals surface area contributed by atoms with E-state index in [-0.39, 0.29) is 24.1 Å². The van der Waals surface area contributed by atoms with Gasteiger partial charge in [-0.25, -0.2) is 0 Å². The minimum absolute atomic E-state index is 0.117. The Bertz CT molecular complexity index is 1120. The third-order valence-corrected chi connectivity index (χ3v) is 7.17. The van der Waals surface area contributed by atoms with Crippen molar-refractivity contribution in [3.63, 3.8) is 0 Å². The van der Waals surface area contributed by atoms with Crippen LogP contribution >= 0.6 is 35.0 Å². The Morgan fingerprint density at radius 3 is 2.35 bits per heavy atom. The van der Waals surface area contributed by atoms with Crippen molar-refractivity contribution in [2.75, 3.05) is 12.8 Å². The molecule has 0 unspecified atom stereocenters. The van der Waals surface area contributed by atoms with Gasteiger partial charge in [0.2, 0.25) is 11.8 Å². The van der Waals surface area contributed by atoms with Crippen molar-refractivity contribution in [3.8, 4) is 0 Å². The summed E-state index contributed by atoms with van der Waals surface area (Å²) in [6.45, 7) is 2.28. The van der Waals surface area contributed by atoms with Crippen LogP contribution in [0.15, 0.2) is 72.8 Å². The van der Waals surface area contributed by atoms with Crippen LogP contribution in [0.25, 0.3) is 0 Å². The van der Waals surface area contributed by atoms with Crippen molar-refractivity contribution in [2.45, 2.75) is 31.7 Å². The van der Waals surface area contributed by atoms with E-state index in [1.165, 1.54) is 11.1 Å². The van der Waals surface area contributed by atoms with Gasteiger partial charge in [-0.15, -0.1) is 11.8 Å². The summed E-state index contributed by atoms with van der Waals surface area (Å²) < 4.78 is 0. The Labute approximate surface area is 215 Å². The number of aryl methyl sites for hydroxylation is 1. The van der Waals surface area contributed by atoms with E-state index in [1.54, 1.807) is 41.9 Å². The van der Waals surface area contributed by atoms with E-state index in [9.17, 15) is 9.59 Å². The first-order valence-electron chi connectivity index (χ1n) is 11.0. The molecule has 178 valence electrons. The monoisotopic (exact) mass is 514 g/mol. The third-order valence-electron chi connectivity index (χ3n) is 5.62. The molecule has 3 aromatic rings. The van der Waals surface area contributed by atoms with Gasteiger partial charge in [0.05, 0.1) is 5.75 Å². The van der Waals surface area contributed by atoms with Crippen LogP contribution in [0, 0.1) is 6.92 Å². The lowest BCUT2D eigenvalue weighted by Gasteiger charge is -2.31. The highest BCUT2D eigenvalue weighted by Gasteiger charge is 2.30. The van der Waals surface area contributed by atoms with E-state index in [1.807, 2.05) is 42.5 Å². The van der Waals surface area contributed by atoms with Gasteiger partial charge in [-0.2, -0.15) is 0 Å². The van der Waals surface area contributed by atoms with Crippen LogP contribution in [0.5, 0.6) is 0 Å². The van der Waals surface area contributed by atoms with Crippen LogP contribution in [0.2, 0.25) is 10.0 Å². The molecular formula is C27H28Cl2N2O2S. The van der Waals surface area contributed by atoms with Gasteiger partial charge in [0.1, 0.15) is 6.04 Å². The molecule has 0 bridgehead atoms. The molecule has 0 aliphatic rings. The number of thioether (sulfide) groups is 1. The summed E-state index contributed by atoms with van der Waals surface area (Å²) in [5, 5.41) is 3.71. The SMILES string of the molecule is CNC(=O)[C@@H](Cc1ccccc1)N(Cc1ccc(Cl)cc1Cl)C(=O)CSCc1ccccc1C. The summed E-state index contributed by atoms with van der Waals surface area (Å²) in [6.07, 6.45) is 0.403. The highest BCUT2D eigenvalue weighted by Crippen LogP contribution is 2.25. The zero-order valence-corrected chi connectivity index (χ0v) is 21.6. The molecule has 0 saturated heterocycles. The maximum Gasteiger partial charge on any atom is 0.242 e. The second-order valence-electron chi connectivity index (χ2n) is 8.00. The Morgan fingerprint density at radius 2 is 1.68 bits per heavy atom. The van der Waals surface area contributed by atoms with Crippen LogP contribution < -0.4 is 5.32 Å². The summed E-state index contributed by atoms with van der Waals surface area (Å²) in [7, 11) is 1.59. The number of hydrogen-bond donors (Lipinski definition) is 1. The van der Waals surface area contributed by atoms with Gasteiger partial charge in [-0.3, -0.25) is 9.59 Å². The molecular weight excluding hydrogens is 487 g/mol. The topological polar surface area (TPSA) is 49.4 Å². The molecule has 0 aromatic heterocycles. The van der Waals surface area contributed by atoms with Gasteiger partial charge < -0.3 is 10.2 Å². The van der Waals surface area contributed by atoms with Gasteiger partial charge >= 0.3 is 0 Å². The molecule has 0 spiro atoms. The molecule has 0 heterocycles. The lowest BCUT2D eigenvalue weighted by molar-refractivity contribution is -0.139. The predicted octanol–water partition coefficient (Wildman–Crippen LogP) is 5.92. The van der Waals surface area contributed by atoms with Gasteiger partial charge in [-0.05, 0) is 41.3 Å². The lowest BCUT2D eigenvalue weighted by atomic mass is 10.0. The van der Waals surface area contributed by atoms with Crippen LogP contribution in [-0.4, -0.2) is 35.6 Å². The summed E-state index contributed by atoms with van der Waals surface area (Å²) in [6, 6.07) is 22.4. The number of nitrogens with zero attached hydrogens (tertiary/aromatic N) is 1. The molecule has 34 heavy (non-hydrogen) atoms. The van der Waals surface area contributed by atoms with Crippen LogP contribution in [0.4, 0.5) is 0 Å². The number of rotatable bonds is 10. The molecule has 0 aliphatic carbocycles. The number of nitrogens with one attached hydrogen (secondary N) is 1. The summed E-state index contributed by atoms with van der Waals surface area (Å²) in [4.78, 5) is 28.1. The Hall–Kier alpha value is -2.47. The maximum absolute atomic E-state index is 13.5. The molecule has 4 nitrogen and oxygen atoms in total. The van der Waals surface area contributed by atoms with Crippen molar-refractivity contribution < 1.29 is 9.59 Å². The van der Waals surface area contributed by atoms with Crippen molar-refractivity contribution >= 4 is 46.8 Å². The normalized spacial score (nSPS) is 11.6. The highest BCUT2D eigenvalue weighted by atomic mass is 35.5. The zero-order valence-electron chi connectivity index (χ0n) is 19.3. The van der Waals surface area contributed by atoms with Crippen LogP contribution in [-0.2, 0) is 28.3 Å². The second kappa shape index (κ2) is 12.8. The minimum atomic E-state index is -0.675. The quantitative estimate of drug-likeness (QED) is 0.365. The fourth-order valence-corrected chi connectivity index (χ4v) is 5.11. The largest absolute Gasteiger partial charge is 0.357 e.